The van der Waals surface area contributed by atoms with Gasteiger partial charge in [-0.05, 0) is 12.5 Å². The second-order valence-electron chi connectivity index (χ2n) is 3.67. The number of rotatable bonds is 4. The van der Waals surface area contributed by atoms with Crippen LogP contribution in [0.25, 0.3) is 0 Å². The van der Waals surface area contributed by atoms with E-state index in [4.69, 9.17) is 21.6 Å². The van der Waals surface area contributed by atoms with Crippen molar-refractivity contribution in [2.75, 3.05) is 0 Å². The van der Waals surface area contributed by atoms with E-state index in [1.165, 1.54) is 12.1 Å². The summed E-state index contributed by atoms with van der Waals surface area (Å²) in [5.41, 5.74) is 0.408. The number of halogens is 1. The number of aryl methyl sites for hydroxylation is 1. The highest BCUT2D eigenvalue weighted by Crippen LogP contribution is 2.22. The van der Waals surface area contributed by atoms with E-state index in [1.54, 1.807) is 17.1 Å². The molecule has 0 aromatic carbocycles. The van der Waals surface area contributed by atoms with E-state index in [-0.39, 0.29) is 11.0 Å². The zero-order valence-electron chi connectivity index (χ0n) is 9.80. The molecule has 2 aromatic rings. The highest BCUT2D eigenvalue weighted by atomic mass is 35.5. The van der Waals surface area contributed by atoms with Crippen LogP contribution in [-0.2, 0) is 6.54 Å². The van der Waals surface area contributed by atoms with Crippen LogP contribution in [0.4, 0.5) is 0 Å². The lowest BCUT2D eigenvalue weighted by molar-refractivity contribution is 0.461. The second-order valence-corrected chi connectivity index (χ2v) is 4.06. The number of nitriles is 1. The fourth-order valence-electron chi connectivity index (χ4n) is 1.46. The summed E-state index contributed by atoms with van der Waals surface area (Å²) in [6, 6.07) is 5.01. The molecule has 0 unspecified atom stereocenters. The van der Waals surface area contributed by atoms with E-state index in [2.05, 4.69) is 17.0 Å². The predicted octanol–water partition coefficient (Wildman–Crippen LogP) is 3.01. The molecule has 5 nitrogen and oxygen atoms in total. The fraction of sp³-hybridized carbons (Fsp3) is 0.250. The van der Waals surface area contributed by atoms with Crippen LogP contribution in [0, 0.1) is 11.3 Å². The Balaban J connectivity index is 2.17. The number of hydrogen-bond donors (Lipinski definition) is 0. The minimum Gasteiger partial charge on any atom is -0.436 e. The van der Waals surface area contributed by atoms with Gasteiger partial charge in [-0.15, -0.1) is 0 Å². The Morgan fingerprint density at radius 2 is 2.33 bits per heavy atom. The number of hydrogen-bond acceptors (Lipinski definition) is 4. The molecule has 0 radical (unpaired) electrons. The fourth-order valence-corrected chi connectivity index (χ4v) is 1.66. The van der Waals surface area contributed by atoms with E-state index >= 15 is 0 Å². The zero-order valence-corrected chi connectivity index (χ0v) is 10.6. The summed E-state index contributed by atoms with van der Waals surface area (Å²) in [5.74, 6) is 0.859. The third kappa shape index (κ3) is 2.99. The maximum absolute atomic E-state index is 8.82. The van der Waals surface area contributed by atoms with Gasteiger partial charge in [0, 0.05) is 12.6 Å². The molecule has 0 saturated carbocycles. The van der Waals surface area contributed by atoms with Gasteiger partial charge in [0.2, 0.25) is 5.88 Å². The van der Waals surface area contributed by atoms with E-state index in [0.29, 0.717) is 11.3 Å². The van der Waals surface area contributed by atoms with Crippen molar-refractivity contribution in [1.29, 1.82) is 5.26 Å². The molecule has 0 bridgehead atoms. The Morgan fingerprint density at radius 1 is 1.50 bits per heavy atom. The van der Waals surface area contributed by atoms with Crippen molar-refractivity contribution >= 4 is 11.6 Å². The second kappa shape index (κ2) is 5.52. The lowest BCUT2D eigenvalue weighted by Crippen LogP contribution is -1.95. The van der Waals surface area contributed by atoms with Gasteiger partial charge in [0.05, 0.1) is 24.0 Å². The lowest BCUT2D eigenvalue weighted by atomic mass is 10.3. The normalized spacial score (nSPS) is 10.1. The number of aromatic nitrogens is 3. The van der Waals surface area contributed by atoms with Crippen LogP contribution in [0.2, 0.25) is 5.15 Å². The number of ether oxygens (including phenoxy) is 1. The molecule has 0 saturated heterocycles. The standard InChI is InChI=1S/C12H11ClN4O/c1-2-3-17-8-10(7-15-17)18-12-5-9(6-14)4-11(13)16-12/h4-5,7-8H,2-3H2,1H3. The largest absolute Gasteiger partial charge is 0.436 e. The van der Waals surface area contributed by atoms with Crippen molar-refractivity contribution in [3.05, 3.63) is 35.2 Å². The average molecular weight is 263 g/mol. The molecule has 2 heterocycles. The highest BCUT2D eigenvalue weighted by Gasteiger charge is 2.05. The summed E-state index contributed by atoms with van der Waals surface area (Å²) < 4.78 is 7.28. The summed E-state index contributed by atoms with van der Waals surface area (Å²) in [5, 5.41) is 13.2. The number of nitrogens with zero attached hydrogens (tertiary/aromatic N) is 4. The van der Waals surface area contributed by atoms with Gasteiger partial charge in [-0.3, -0.25) is 4.68 Å². The van der Waals surface area contributed by atoms with Crippen LogP contribution in [0.5, 0.6) is 11.6 Å². The van der Waals surface area contributed by atoms with Gasteiger partial charge in [0.25, 0.3) is 0 Å². The Morgan fingerprint density at radius 3 is 3.06 bits per heavy atom. The molecule has 0 amide bonds. The van der Waals surface area contributed by atoms with Gasteiger partial charge in [-0.1, -0.05) is 18.5 Å². The smallest absolute Gasteiger partial charge is 0.222 e. The molecule has 0 atom stereocenters. The third-order valence-corrected chi connectivity index (χ3v) is 2.38. The highest BCUT2D eigenvalue weighted by molar-refractivity contribution is 6.29. The minimum atomic E-state index is 0.227. The summed E-state index contributed by atoms with van der Waals surface area (Å²) in [4.78, 5) is 3.99. The summed E-state index contributed by atoms with van der Waals surface area (Å²) >= 11 is 5.79. The quantitative estimate of drug-likeness (QED) is 0.795. The topological polar surface area (TPSA) is 63.7 Å². The van der Waals surface area contributed by atoms with Crippen molar-refractivity contribution in [1.82, 2.24) is 14.8 Å². The van der Waals surface area contributed by atoms with Crippen LogP contribution in [0.15, 0.2) is 24.5 Å². The summed E-state index contributed by atoms with van der Waals surface area (Å²) in [6.45, 7) is 2.90. The zero-order chi connectivity index (χ0) is 13.0. The molecule has 0 fully saturated rings. The molecule has 92 valence electrons. The van der Waals surface area contributed by atoms with Gasteiger partial charge in [0.1, 0.15) is 5.15 Å². The molecule has 18 heavy (non-hydrogen) atoms. The molecule has 6 heteroatoms. The first-order valence-electron chi connectivity index (χ1n) is 5.49. The maximum Gasteiger partial charge on any atom is 0.222 e. The van der Waals surface area contributed by atoms with E-state index in [9.17, 15) is 0 Å². The van der Waals surface area contributed by atoms with Gasteiger partial charge < -0.3 is 4.74 Å². The van der Waals surface area contributed by atoms with Gasteiger partial charge in [-0.2, -0.15) is 10.4 Å². The van der Waals surface area contributed by atoms with Crippen molar-refractivity contribution in [3.8, 4) is 17.7 Å². The van der Waals surface area contributed by atoms with Gasteiger partial charge in [-0.25, -0.2) is 4.98 Å². The molecule has 0 aliphatic heterocycles. The minimum absolute atomic E-state index is 0.227. The van der Waals surface area contributed by atoms with Crippen LogP contribution in [0.1, 0.15) is 18.9 Å². The van der Waals surface area contributed by atoms with Crippen molar-refractivity contribution in [2.24, 2.45) is 0 Å². The Bertz CT molecular complexity index is 588. The van der Waals surface area contributed by atoms with Crippen LogP contribution < -0.4 is 4.74 Å². The van der Waals surface area contributed by atoms with E-state index in [0.717, 1.165) is 13.0 Å². The first-order valence-corrected chi connectivity index (χ1v) is 5.87. The molecule has 2 rings (SSSR count). The number of pyridine rings is 1. The van der Waals surface area contributed by atoms with Gasteiger partial charge in [0.15, 0.2) is 5.75 Å². The van der Waals surface area contributed by atoms with Crippen LogP contribution >= 0.6 is 11.6 Å². The van der Waals surface area contributed by atoms with Crippen molar-refractivity contribution in [2.45, 2.75) is 19.9 Å². The summed E-state index contributed by atoms with van der Waals surface area (Å²) in [6.07, 6.45) is 4.37. The van der Waals surface area contributed by atoms with Crippen LogP contribution in [0.3, 0.4) is 0 Å². The lowest BCUT2D eigenvalue weighted by Gasteiger charge is -2.02. The predicted molar refractivity (Wildman–Crippen MR) is 66.6 cm³/mol. The first-order chi connectivity index (χ1) is 8.71. The van der Waals surface area contributed by atoms with E-state index in [1.807, 2.05) is 6.07 Å². The SMILES string of the molecule is CCCn1cc(Oc2cc(C#N)cc(Cl)n2)cn1. The summed E-state index contributed by atoms with van der Waals surface area (Å²) in [7, 11) is 0. The molecule has 0 aliphatic rings. The molecule has 2 aromatic heterocycles. The Kier molecular flexibility index (Phi) is 3.80. The molecule has 0 aliphatic carbocycles. The monoisotopic (exact) mass is 262 g/mol. The maximum atomic E-state index is 8.82. The van der Waals surface area contributed by atoms with Gasteiger partial charge >= 0.3 is 0 Å². The van der Waals surface area contributed by atoms with E-state index < -0.39 is 0 Å². The first kappa shape index (κ1) is 12.4. The average Bonchev–Trinajstić information content (AvgIpc) is 2.76. The van der Waals surface area contributed by atoms with Crippen LogP contribution in [-0.4, -0.2) is 14.8 Å². The molecule has 0 N–H and O–H groups in total. The molecular weight excluding hydrogens is 252 g/mol. The van der Waals surface area contributed by atoms with Crippen molar-refractivity contribution in [3.63, 3.8) is 0 Å². The third-order valence-electron chi connectivity index (χ3n) is 2.18. The molecular formula is C12H11ClN4O. The Hall–Kier alpha value is -2.06. The molecule has 0 spiro atoms. The Labute approximate surface area is 110 Å². The van der Waals surface area contributed by atoms with Crippen molar-refractivity contribution < 1.29 is 4.74 Å².